The molecule has 3 heteroatoms. The summed E-state index contributed by atoms with van der Waals surface area (Å²) in [6.45, 7) is 11.0. The van der Waals surface area contributed by atoms with E-state index in [9.17, 15) is 5.11 Å². The molecule has 0 aliphatic carbocycles. The van der Waals surface area contributed by atoms with Gasteiger partial charge in [-0.05, 0) is 52.6 Å². The van der Waals surface area contributed by atoms with Crippen LogP contribution in [0.2, 0.25) is 0 Å². The van der Waals surface area contributed by atoms with Crippen molar-refractivity contribution in [2.24, 2.45) is 0 Å². The Hall–Kier alpha value is -0.900. The Bertz CT molecular complexity index is 444. The van der Waals surface area contributed by atoms with Crippen molar-refractivity contribution in [3.63, 3.8) is 0 Å². The van der Waals surface area contributed by atoms with Crippen LogP contribution in [0.3, 0.4) is 0 Å². The highest BCUT2D eigenvalue weighted by atomic mass is 16.3. The van der Waals surface area contributed by atoms with Gasteiger partial charge in [-0.1, -0.05) is 30.3 Å². The Morgan fingerprint density at radius 2 is 1.95 bits per heavy atom. The molecule has 0 bridgehead atoms. The van der Waals surface area contributed by atoms with E-state index in [4.69, 9.17) is 0 Å². The minimum atomic E-state index is -0.392. The topological polar surface area (TPSA) is 35.5 Å². The van der Waals surface area contributed by atoms with Crippen LogP contribution in [0.1, 0.15) is 46.1 Å². The van der Waals surface area contributed by atoms with E-state index in [-0.39, 0.29) is 12.1 Å². The number of nitrogens with zero attached hydrogens (tertiary/aromatic N) is 1. The third-order valence-electron chi connectivity index (χ3n) is 4.69. The summed E-state index contributed by atoms with van der Waals surface area (Å²) in [6, 6.07) is 10.7. The van der Waals surface area contributed by atoms with Crippen LogP contribution in [0, 0.1) is 0 Å². The van der Waals surface area contributed by atoms with Gasteiger partial charge in [0.25, 0.3) is 0 Å². The summed E-state index contributed by atoms with van der Waals surface area (Å²) in [7, 11) is 0. The largest absolute Gasteiger partial charge is 0.394 e. The Labute approximate surface area is 129 Å². The van der Waals surface area contributed by atoms with Crippen molar-refractivity contribution in [3.05, 3.63) is 35.9 Å². The molecule has 1 aliphatic rings. The first-order chi connectivity index (χ1) is 9.89. The zero-order chi connectivity index (χ0) is 15.5. The summed E-state index contributed by atoms with van der Waals surface area (Å²) in [5.41, 5.74) is 0.995. The number of aliphatic hydroxyl groups is 1. The molecule has 3 nitrogen and oxygen atoms in total. The number of likely N-dealkylation sites (tertiary alicyclic amines) is 1. The maximum Gasteiger partial charge on any atom is 0.0800 e. The van der Waals surface area contributed by atoms with E-state index in [1.54, 1.807) is 0 Å². The van der Waals surface area contributed by atoms with Crippen molar-refractivity contribution < 1.29 is 5.11 Å². The maximum atomic E-state index is 10.2. The second kappa shape index (κ2) is 6.47. The third-order valence-corrected chi connectivity index (χ3v) is 4.69. The monoisotopic (exact) mass is 290 g/mol. The van der Waals surface area contributed by atoms with Crippen LogP contribution in [-0.2, 0) is 5.54 Å². The number of hydrogen-bond donors (Lipinski definition) is 2. The van der Waals surface area contributed by atoms with Gasteiger partial charge in [-0.3, -0.25) is 4.90 Å². The minimum Gasteiger partial charge on any atom is -0.394 e. The average Bonchev–Trinajstić information content (AvgIpc) is 2.77. The zero-order valence-corrected chi connectivity index (χ0v) is 13.9. The lowest BCUT2D eigenvalue weighted by Crippen LogP contribution is -2.58. The van der Waals surface area contributed by atoms with Gasteiger partial charge >= 0.3 is 0 Å². The zero-order valence-electron chi connectivity index (χ0n) is 13.9. The first-order valence-corrected chi connectivity index (χ1v) is 8.09. The normalized spacial score (nSPS) is 21.6. The molecule has 2 N–H and O–H groups in total. The van der Waals surface area contributed by atoms with Crippen molar-refractivity contribution in [1.82, 2.24) is 10.2 Å². The highest BCUT2D eigenvalue weighted by Crippen LogP contribution is 2.32. The van der Waals surface area contributed by atoms with Gasteiger partial charge in [0, 0.05) is 18.1 Å². The lowest BCUT2D eigenvalue weighted by atomic mass is 9.87. The molecule has 0 saturated carbocycles. The second-order valence-corrected chi connectivity index (χ2v) is 7.24. The molecule has 0 amide bonds. The van der Waals surface area contributed by atoms with Gasteiger partial charge in [0.1, 0.15) is 0 Å². The standard InChI is InChI=1S/C18H30N2O/c1-15(2)19-18(14-21,16-9-6-5-7-10-16)13-20-12-8-11-17(20,3)4/h5-7,9-10,15,19,21H,8,11-14H2,1-4H3. The van der Waals surface area contributed by atoms with E-state index < -0.39 is 5.54 Å². The second-order valence-electron chi connectivity index (χ2n) is 7.24. The fraction of sp³-hybridized carbons (Fsp3) is 0.667. The molecule has 1 saturated heterocycles. The molecule has 0 aromatic heterocycles. The van der Waals surface area contributed by atoms with E-state index in [0.29, 0.717) is 6.04 Å². The third kappa shape index (κ3) is 3.65. The molecule has 1 aromatic carbocycles. The van der Waals surface area contributed by atoms with Crippen LogP contribution >= 0.6 is 0 Å². The minimum absolute atomic E-state index is 0.113. The highest BCUT2D eigenvalue weighted by molar-refractivity contribution is 5.26. The quantitative estimate of drug-likeness (QED) is 0.845. The Balaban J connectivity index is 2.31. The van der Waals surface area contributed by atoms with E-state index in [1.165, 1.54) is 18.4 Å². The number of hydrogen-bond acceptors (Lipinski definition) is 3. The van der Waals surface area contributed by atoms with Gasteiger partial charge in [-0.2, -0.15) is 0 Å². The molecule has 2 rings (SSSR count). The summed E-state index contributed by atoms with van der Waals surface area (Å²) in [4.78, 5) is 2.52. The fourth-order valence-corrected chi connectivity index (χ4v) is 3.50. The SMILES string of the molecule is CC(C)NC(CO)(CN1CCCC1(C)C)c1ccccc1. The highest BCUT2D eigenvalue weighted by Gasteiger charge is 2.40. The summed E-state index contributed by atoms with van der Waals surface area (Å²) < 4.78 is 0. The van der Waals surface area contributed by atoms with Crippen LogP contribution in [0.25, 0.3) is 0 Å². The molecule has 1 atom stereocenters. The van der Waals surface area contributed by atoms with Crippen molar-refractivity contribution in [1.29, 1.82) is 0 Å². The average molecular weight is 290 g/mol. The molecule has 1 fully saturated rings. The van der Waals surface area contributed by atoms with E-state index in [1.807, 2.05) is 6.07 Å². The van der Waals surface area contributed by atoms with E-state index in [2.05, 4.69) is 62.2 Å². The van der Waals surface area contributed by atoms with Crippen molar-refractivity contribution in [2.75, 3.05) is 19.7 Å². The summed E-state index contributed by atoms with van der Waals surface area (Å²) in [5.74, 6) is 0. The predicted octanol–water partition coefficient (Wildman–Crippen LogP) is 2.75. The van der Waals surface area contributed by atoms with Crippen molar-refractivity contribution in [2.45, 2.75) is 57.7 Å². The lowest BCUT2D eigenvalue weighted by molar-refractivity contribution is 0.0689. The van der Waals surface area contributed by atoms with Gasteiger partial charge in [0.05, 0.1) is 12.1 Å². The number of aliphatic hydroxyl groups excluding tert-OH is 1. The number of rotatable bonds is 6. The summed E-state index contributed by atoms with van der Waals surface area (Å²) in [5, 5.41) is 13.9. The Morgan fingerprint density at radius 1 is 1.29 bits per heavy atom. The fourth-order valence-electron chi connectivity index (χ4n) is 3.50. The van der Waals surface area contributed by atoms with Gasteiger partial charge < -0.3 is 10.4 Å². The van der Waals surface area contributed by atoms with Gasteiger partial charge in [0.2, 0.25) is 0 Å². The Kier molecular flexibility index (Phi) is 5.07. The van der Waals surface area contributed by atoms with Crippen LogP contribution < -0.4 is 5.32 Å². The maximum absolute atomic E-state index is 10.2. The molecule has 0 spiro atoms. The van der Waals surface area contributed by atoms with E-state index >= 15 is 0 Å². The number of benzene rings is 1. The molecular weight excluding hydrogens is 260 g/mol. The Morgan fingerprint density at radius 3 is 2.43 bits per heavy atom. The van der Waals surface area contributed by atoms with Crippen molar-refractivity contribution in [3.8, 4) is 0 Å². The molecule has 21 heavy (non-hydrogen) atoms. The molecule has 1 aliphatic heterocycles. The molecule has 0 radical (unpaired) electrons. The van der Waals surface area contributed by atoms with Crippen LogP contribution in [0.15, 0.2) is 30.3 Å². The molecular formula is C18H30N2O. The van der Waals surface area contributed by atoms with Crippen LogP contribution in [0.5, 0.6) is 0 Å². The van der Waals surface area contributed by atoms with Crippen LogP contribution in [0.4, 0.5) is 0 Å². The summed E-state index contributed by atoms with van der Waals surface area (Å²) >= 11 is 0. The molecule has 1 unspecified atom stereocenters. The smallest absolute Gasteiger partial charge is 0.0800 e. The first kappa shape index (κ1) is 16.5. The summed E-state index contributed by atoms with van der Waals surface area (Å²) in [6.07, 6.45) is 2.47. The van der Waals surface area contributed by atoms with Crippen LogP contribution in [-0.4, -0.2) is 41.3 Å². The van der Waals surface area contributed by atoms with E-state index in [0.717, 1.165) is 13.1 Å². The van der Waals surface area contributed by atoms with Gasteiger partial charge in [-0.15, -0.1) is 0 Å². The first-order valence-electron chi connectivity index (χ1n) is 8.09. The van der Waals surface area contributed by atoms with Gasteiger partial charge in [-0.25, -0.2) is 0 Å². The molecule has 118 valence electrons. The molecule has 1 aromatic rings. The predicted molar refractivity (Wildman–Crippen MR) is 88.4 cm³/mol. The van der Waals surface area contributed by atoms with Crippen molar-refractivity contribution >= 4 is 0 Å². The van der Waals surface area contributed by atoms with Gasteiger partial charge in [0.15, 0.2) is 0 Å². The number of nitrogens with one attached hydrogen (secondary N) is 1. The lowest BCUT2D eigenvalue weighted by Gasteiger charge is -2.43. The molecule has 1 heterocycles.